The Balaban J connectivity index is 0.00000441. The Labute approximate surface area is 147 Å². The van der Waals surface area contributed by atoms with Gasteiger partial charge in [-0.05, 0) is 13.0 Å². The third-order valence-electron chi connectivity index (χ3n) is 2.56. The van der Waals surface area contributed by atoms with Crippen LogP contribution in [0.25, 0.3) is 0 Å². The second kappa shape index (κ2) is 11.8. The molecule has 0 aliphatic carbocycles. The molecule has 0 radical (unpaired) electrons. The molecule has 0 unspecified atom stereocenters. The van der Waals surface area contributed by atoms with E-state index in [1.807, 2.05) is 6.92 Å². The van der Waals surface area contributed by atoms with E-state index >= 15 is 0 Å². The highest BCUT2D eigenvalue weighted by atomic mass is 127. The number of anilines is 1. The highest BCUT2D eigenvalue weighted by Gasteiger charge is 2.10. The molecule has 0 heterocycles. The summed E-state index contributed by atoms with van der Waals surface area (Å²) in [6, 6.07) is 6.56. The van der Waals surface area contributed by atoms with E-state index in [0.717, 1.165) is 6.54 Å². The van der Waals surface area contributed by atoms with Gasteiger partial charge in [-0.15, -0.1) is 30.6 Å². The molecule has 8 heteroatoms. The van der Waals surface area contributed by atoms with Crippen LogP contribution in [0.4, 0.5) is 11.4 Å². The molecule has 0 saturated carbocycles. The summed E-state index contributed by atoms with van der Waals surface area (Å²) in [5, 5.41) is 20.1. The molecule has 0 aliphatic rings. The Hall–Kier alpha value is -1.84. The van der Waals surface area contributed by atoms with Crippen molar-refractivity contribution in [3.8, 4) is 0 Å². The highest BCUT2D eigenvalue weighted by Crippen LogP contribution is 2.22. The zero-order valence-electron chi connectivity index (χ0n) is 12.5. The van der Waals surface area contributed by atoms with Crippen LogP contribution in [-0.4, -0.2) is 37.1 Å². The van der Waals surface area contributed by atoms with E-state index in [9.17, 15) is 10.1 Å². The fraction of sp³-hybridized carbons (Fsp3) is 0.357. The van der Waals surface area contributed by atoms with Crippen molar-refractivity contribution in [2.45, 2.75) is 6.92 Å². The van der Waals surface area contributed by atoms with Gasteiger partial charge in [-0.3, -0.25) is 15.1 Å². The Bertz CT molecular complexity index is 508. The predicted octanol–water partition coefficient (Wildman–Crippen LogP) is 2.37. The summed E-state index contributed by atoms with van der Waals surface area (Å²) in [5.74, 6) is 0.696. The number of hydrogen-bond acceptors (Lipinski definition) is 4. The van der Waals surface area contributed by atoms with Gasteiger partial charge in [0.25, 0.3) is 5.69 Å². The molecule has 22 heavy (non-hydrogen) atoms. The number of hydrogen-bond donors (Lipinski definition) is 3. The maximum absolute atomic E-state index is 10.9. The van der Waals surface area contributed by atoms with E-state index in [-0.39, 0.29) is 29.7 Å². The molecule has 0 amide bonds. The van der Waals surface area contributed by atoms with E-state index in [4.69, 9.17) is 0 Å². The van der Waals surface area contributed by atoms with E-state index in [1.54, 1.807) is 24.3 Å². The first kappa shape index (κ1) is 20.2. The normalized spacial score (nSPS) is 10.3. The minimum atomic E-state index is -0.401. The minimum absolute atomic E-state index is 0. The van der Waals surface area contributed by atoms with Gasteiger partial charge in [-0.2, -0.15) is 0 Å². The molecule has 1 aromatic rings. The van der Waals surface area contributed by atoms with Gasteiger partial charge in [-0.25, -0.2) is 0 Å². The maximum atomic E-state index is 10.9. The smallest absolute Gasteiger partial charge is 0.292 e. The third-order valence-corrected chi connectivity index (χ3v) is 2.56. The number of nitro benzene ring substituents is 1. The largest absolute Gasteiger partial charge is 0.378 e. The average molecular weight is 419 g/mol. The second-order valence-corrected chi connectivity index (χ2v) is 4.13. The zero-order chi connectivity index (χ0) is 15.5. The number of aliphatic imine (C=N–C) groups is 1. The van der Waals surface area contributed by atoms with Crippen LogP contribution in [0.1, 0.15) is 6.92 Å². The van der Waals surface area contributed by atoms with E-state index < -0.39 is 4.92 Å². The van der Waals surface area contributed by atoms with Gasteiger partial charge in [0, 0.05) is 25.7 Å². The van der Waals surface area contributed by atoms with Crippen molar-refractivity contribution in [1.82, 2.24) is 10.6 Å². The fourth-order valence-corrected chi connectivity index (χ4v) is 1.65. The molecule has 0 saturated heterocycles. The second-order valence-electron chi connectivity index (χ2n) is 4.13. The summed E-state index contributed by atoms with van der Waals surface area (Å²) in [7, 11) is 0. The molecule has 0 aliphatic heterocycles. The molecular formula is C14H22IN5O2. The van der Waals surface area contributed by atoms with Crippen LogP contribution in [0.15, 0.2) is 41.9 Å². The van der Waals surface area contributed by atoms with Gasteiger partial charge >= 0.3 is 0 Å². The van der Waals surface area contributed by atoms with Crippen LogP contribution < -0.4 is 16.0 Å². The number of nitrogens with one attached hydrogen (secondary N) is 3. The summed E-state index contributed by atoms with van der Waals surface area (Å²) in [4.78, 5) is 14.8. The number of rotatable bonds is 8. The van der Waals surface area contributed by atoms with Crippen molar-refractivity contribution in [3.05, 3.63) is 47.0 Å². The molecule has 0 spiro atoms. The first-order chi connectivity index (χ1) is 10.2. The molecule has 0 bridgehead atoms. The van der Waals surface area contributed by atoms with Crippen LogP contribution >= 0.6 is 24.0 Å². The van der Waals surface area contributed by atoms with Crippen LogP contribution in [0.5, 0.6) is 0 Å². The van der Waals surface area contributed by atoms with Crippen molar-refractivity contribution in [2.24, 2.45) is 4.99 Å². The number of nitrogens with zero attached hydrogens (tertiary/aromatic N) is 2. The molecule has 1 aromatic carbocycles. The summed E-state index contributed by atoms with van der Waals surface area (Å²) in [6.07, 6.45) is 1.75. The standard InChI is InChI=1S/C14H21N5O2.HI/c1-3-9-17-14(15-4-2)18-11-10-16-12-7-5-6-8-13(12)19(20)21;/h3,5-8,16H,1,4,9-11H2,2H3,(H2,15,17,18);1H. The predicted molar refractivity (Wildman–Crippen MR) is 101 cm³/mol. The van der Waals surface area contributed by atoms with Gasteiger partial charge in [0.2, 0.25) is 0 Å². The van der Waals surface area contributed by atoms with Crippen molar-refractivity contribution in [3.63, 3.8) is 0 Å². The van der Waals surface area contributed by atoms with Crippen molar-refractivity contribution >= 4 is 41.3 Å². The molecule has 0 fully saturated rings. The number of guanidine groups is 1. The van der Waals surface area contributed by atoms with Crippen LogP contribution in [0.3, 0.4) is 0 Å². The molecule has 122 valence electrons. The molecule has 1 rings (SSSR count). The number of halogens is 1. The van der Waals surface area contributed by atoms with Crippen molar-refractivity contribution in [1.29, 1.82) is 0 Å². The summed E-state index contributed by atoms with van der Waals surface area (Å²) in [5.41, 5.74) is 0.569. The summed E-state index contributed by atoms with van der Waals surface area (Å²) < 4.78 is 0. The Morgan fingerprint density at radius 1 is 1.41 bits per heavy atom. The minimum Gasteiger partial charge on any atom is -0.378 e. The van der Waals surface area contributed by atoms with Gasteiger partial charge in [0.1, 0.15) is 5.69 Å². The lowest BCUT2D eigenvalue weighted by Crippen LogP contribution is -2.37. The van der Waals surface area contributed by atoms with Gasteiger partial charge < -0.3 is 16.0 Å². The van der Waals surface area contributed by atoms with Crippen molar-refractivity contribution < 1.29 is 4.92 Å². The quantitative estimate of drug-likeness (QED) is 0.115. The lowest BCUT2D eigenvalue weighted by molar-refractivity contribution is -0.384. The average Bonchev–Trinajstić information content (AvgIpc) is 2.49. The van der Waals surface area contributed by atoms with E-state index in [0.29, 0.717) is 31.3 Å². The van der Waals surface area contributed by atoms with Crippen molar-refractivity contribution in [2.75, 3.05) is 31.5 Å². The van der Waals surface area contributed by atoms with Crippen LogP contribution in [0, 0.1) is 10.1 Å². The Kier molecular flexibility index (Phi) is 10.8. The van der Waals surface area contributed by atoms with Gasteiger partial charge in [-0.1, -0.05) is 18.2 Å². The molecule has 0 atom stereocenters. The Morgan fingerprint density at radius 2 is 2.14 bits per heavy atom. The third kappa shape index (κ3) is 7.25. The van der Waals surface area contributed by atoms with Crippen LogP contribution in [0.2, 0.25) is 0 Å². The lowest BCUT2D eigenvalue weighted by Gasteiger charge is -2.10. The monoisotopic (exact) mass is 419 g/mol. The molecule has 3 N–H and O–H groups in total. The molecule has 7 nitrogen and oxygen atoms in total. The number of benzene rings is 1. The lowest BCUT2D eigenvalue weighted by atomic mass is 10.2. The van der Waals surface area contributed by atoms with Crippen LogP contribution in [-0.2, 0) is 0 Å². The Morgan fingerprint density at radius 3 is 2.77 bits per heavy atom. The van der Waals surface area contributed by atoms with E-state index in [1.165, 1.54) is 6.07 Å². The molecular weight excluding hydrogens is 397 g/mol. The maximum Gasteiger partial charge on any atom is 0.292 e. The first-order valence-electron chi connectivity index (χ1n) is 6.79. The van der Waals surface area contributed by atoms with Gasteiger partial charge in [0.15, 0.2) is 5.96 Å². The highest BCUT2D eigenvalue weighted by molar-refractivity contribution is 14.0. The summed E-state index contributed by atoms with van der Waals surface area (Å²) >= 11 is 0. The zero-order valence-corrected chi connectivity index (χ0v) is 14.9. The first-order valence-corrected chi connectivity index (χ1v) is 6.79. The van der Waals surface area contributed by atoms with E-state index in [2.05, 4.69) is 27.5 Å². The van der Waals surface area contributed by atoms with Gasteiger partial charge in [0.05, 0.1) is 11.5 Å². The number of nitro groups is 1. The summed E-state index contributed by atoms with van der Waals surface area (Å²) in [6.45, 7) is 8.02. The topological polar surface area (TPSA) is 91.6 Å². The SMILES string of the molecule is C=CCNC(=NCCNc1ccccc1[N+](=O)[O-])NCC.I. The molecule has 0 aromatic heterocycles. The fourth-order valence-electron chi connectivity index (χ4n) is 1.65. The number of para-hydroxylation sites is 2.